The zero-order chi connectivity index (χ0) is 11.6. The summed E-state index contributed by atoms with van der Waals surface area (Å²) < 4.78 is 36.2. The molecule has 96 valence electrons. The summed E-state index contributed by atoms with van der Waals surface area (Å²) >= 11 is 0. The van der Waals surface area contributed by atoms with Crippen molar-refractivity contribution in [3.8, 4) is 0 Å². The quantitative estimate of drug-likeness (QED) is 0.906. The van der Waals surface area contributed by atoms with Gasteiger partial charge in [0.1, 0.15) is 5.82 Å². The molecule has 1 saturated heterocycles. The van der Waals surface area contributed by atoms with E-state index in [0.29, 0.717) is 5.56 Å². The molecule has 0 atom stereocenters. The smallest absolute Gasteiger partial charge is 0.154 e. The van der Waals surface area contributed by atoms with Gasteiger partial charge in [-0.3, -0.25) is 0 Å². The van der Waals surface area contributed by atoms with Crippen molar-refractivity contribution < 1.29 is 12.8 Å². The fraction of sp³-hybridized carbons (Fsp3) is 0.455. The van der Waals surface area contributed by atoms with E-state index in [1.54, 1.807) is 0 Å². The van der Waals surface area contributed by atoms with Crippen molar-refractivity contribution in [3.05, 3.63) is 35.6 Å². The van der Waals surface area contributed by atoms with Gasteiger partial charge in [0.15, 0.2) is 9.84 Å². The summed E-state index contributed by atoms with van der Waals surface area (Å²) in [4.78, 5) is 0. The zero-order valence-electron chi connectivity index (χ0n) is 9.23. The van der Waals surface area contributed by atoms with Crippen LogP contribution in [0, 0.1) is 11.7 Å². The Labute approximate surface area is 107 Å². The third-order valence-electron chi connectivity index (χ3n) is 2.66. The van der Waals surface area contributed by atoms with Gasteiger partial charge in [0, 0.05) is 13.1 Å². The molecule has 0 unspecified atom stereocenters. The minimum atomic E-state index is -3.07. The summed E-state index contributed by atoms with van der Waals surface area (Å²) in [5.74, 6) is 0.121. The molecular weight excluding hydrogens is 265 g/mol. The van der Waals surface area contributed by atoms with Gasteiger partial charge < -0.3 is 5.32 Å². The molecule has 2 rings (SSSR count). The highest BCUT2D eigenvalue weighted by Crippen LogP contribution is 2.13. The molecule has 0 spiro atoms. The highest BCUT2D eigenvalue weighted by molar-refractivity contribution is 7.90. The Bertz CT molecular complexity index is 457. The van der Waals surface area contributed by atoms with E-state index in [1.807, 2.05) is 0 Å². The number of nitrogens with one attached hydrogen (secondary N) is 1. The lowest BCUT2D eigenvalue weighted by molar-refractivity contribution is 0.378. The van der Waals surface area contributed by atoms with Crippen LogP contribution in [0.25, 0.3) is 0 Å². The average molecular weight is 280 g/mol. The Balaban J connectivity index is 0.00000144. The normalized spacial score (nSPS) is 16.1. The van der Waals surface area contributed by atoms with Gasteiger partial charge >= 0.3 is 0 Å². The molecule has 1 aliphatic rings. The van der Waals surface area contributed by atoms with E-state index in [0.717, 1.165) is 13.1 Å². The van der Waals surface area contributed by atoms with Crippen LogP contribution < -0.4 is 5.32 Å². The van der Waals surface area contributed by atoms with Crippen LogP contribution in [0.1, 0.15) is 5.56 Å². The first-order chi connectivity index (χ1) is 7.55. The predicted molar refractivity (Wildman–Crippen MR) is 67.5 cm³/mol. The average Bonchev–Trinajstić information content (AvgIpc) is 2.16. The first-order valence-electron chi connectivity index (χ1n) is 5.21. The SMILES string of the molecule is Cl.O=S(=O)(Cc1ccc(F)cc1)CC1CNC1. The minimum Gasteiger partial charge on any atom is -0.316 e. The fourth-order valence-electron chi connectivity index (χ4n) is 1.72. The van der Waals surface area contributed by atoms with Crippen molar-refractivity contribution in [1.29, 1.82) is 0 Å². The number of hydrogen-bond acceptors (Lipinski definition) is 3. The Morgan fingerprint density at radius 3 is 2.29 bits per heavy atom. The lowest BCUT2D eigenvalue weighted by Gasteiger charge is -2.26. The largest absolute Gasteiger partial charge is 0.316 e. The van der Waals surface area contributed by atoms with E-state index in [4.69, 9.17) is 0 Å². The molecule has 17 heavy (non-hydrogen) atoms. The Morgan fingerprint density at radius 1 is 1.24 bits per heavy atom. The monoisotopic (exact) mass is 279 g/mol. The van der Waals surface area contributed by atoms with E-state index in [9.17, 15) is 12.8 Å². The molecule has 3 nitrogen and oxygen atoms in total. The molecule has 0 bridgehead atoms. The van der Waals surface area contributed by atoms with Gasteiger partial charge in [0.25, 0.3) is 0 Å². The zero-order valence-corrected chi connectivity index (χ0v) is 10.9. The molecule has 1 aromatic carbocycles. The van der Waals surface area contributed by atoms with E-state index >= 15 is 0 Å². The van der Waals surface area contributed by atoms with Crippen LogP contribution >= 0.6 is 12.4 Å². The van der Waals surface area contributed by atoms with Crippen LogP contribution in [-0.2, 0) is 15.6 Å². The highest BCUT2D eigenvalue weighted by atomic mass is 35.5. The Kier molecular flexibility index (Phi) is 4.91. The lowest BCUT2D eigenvalue weighted by Crippen LogP contribution is -2.45. The molecular formula is C11H15ClFNO2S. The van der Waals surface area contributed by atoms with Crippen molar-refractivity contribution in [2.75, 3.05) is 18.8 Å². The Hall–Kier alpha value is -0.650. The van der Waals surface area contributed by atoms with Crippen molar-refractivity contribution in [3.63, 3.8) is 0 Å². The second kappa shape index (κ2) is 5.80. The van der Waals surface area contributed by atoms with E-state index in [-0.39, 0.29) is 35.6 Å². The standard InChI is InChI=1S/C11H14FNO2S.ClH/c12-11-3-1-9(2-4-11)7-16(14,15)8-10-5-13-6-10;/h1-4,10,13H,5-8H2;1H. The Morgan fingerprint density at radius 2 is 1.82 bits per heavy atom. The third kappa shape index (κ3) is 4.26. The summed E-state index contributed by atoms with van der Waals surface area (Å²) in [5.41, 5.74) is 0.647. The summed E-state index contributed by atoms with van der Waals surface area (Å²) in [7, 11) is -3.07. The first kappa shape index (κ1) is 14.4. The van der Waals surface area contributed by atoms with Gasteiger partial charge in [0.2, 0.25) is 0 Å². The molecule has 0 aliphatic carbocycles. The number of sulfone groups is 1. The van der Waals surface area contributed by atoms with Gasteiger partial charge in [-0.1, -0.05) is 12.1 Å². The molecule has 0 aromatic heterocycles. The van der Waals surface area contributed by atoms with Crippen LogP contribution in [0.5, 0.6) is 0 Å². The van der Waals surface area contributed by atoms with Crippen molar-refractivity contribution in [1.82, 2.24) is 5.32 Å². The predicted octanol–water partition coefficient (Wildman–Crippen LogP) is 1.38. The lowest BCUT2D eigenvalue weighted by atomic mass is 10.1. The molecule has 1 aliphatic heterocycles. The van der Waals surface area contributed by atoms with Crippen LogP contribution in [0.3, 0.4) is 0 Å². The molecule has 1 fully saturated rings. The van der Waals surface area contributed by atoms with Crippen LogP contribution in [-0.4, -0.2) is 27.3 Å². The van der Waals surface area contributed by atoms with Gasteiger partial charge in [-0.25, -0.2) is 12.8 Å². The maximum absolute atomic E-state index is 12.6. The first-order valence-corrected chi connectivity index (χ1v) is 7.03. The summed E-state index contributed by atoms with van der Waals surface area (Å²) in [6, 6.07) is 5.61. The van der Waals surface area contributed by atoms with Crippen molar-refractivity contribution in [2.24, 2.45) is 5.92 Å². The molecule has 1 N–H and O–H groups in total. The van der Waals surface area contributed by atoms with Crippen LogP contribution in [0.4, 0.5) is 4.39 Å². The van der Waals surface area contributed by atoms with E-state index in [2.05, 4.69) is 5.32 Å². The topological polar surface area (TPSA) is 46.2 Å². The summed E-state index contributed by atoms with van der Waals surface area (Å²) in [6.45, 7) is 1.56. The van der Waals surface area contributed by atoms with E-state index in [1.165, 1.54) is 24.3 Å². The van der Waals surface area contributed by atoms with Crippen LogP contribution in [0.15, 0.2) is 24.3 Å². The van der Waals surface area contributed by atoms with Gasteiger partial charge in [-0.05, 0) is 23.6 Å². The highest BCUT2D eigenvalue weighted by Gasteiger charge is 2.24. The molecule has 0 amide bonds. The van der Waals surface area contributed by atoms with Gasteiger partial charge in [0.05, 0.1) is 11.5 Å². The second-order valence-corrected chi connectivity index (χ2v) is 6.31. The van der Waals surface area contributed by atoms with Gasteiger partial charge in [-0.15, -0.1) is 12.4 Å². The summed E-state index contributed by atoms with van der Waals surface area (Å²) in [5, 5.41) is 3.04. The van der Waals surface area contributed by atoms with Gasteiger partial charge in [-0.2, -0.15) is 0 Å². The molecule has 0 radical (unpaired) electrons. The fourth-order valence-corrected chi connectivity index (χ4v) is 3.49. The summed E-state index contributed by atoms with van der Waals surface area (Å²) in [6.07, 6.45) is 0. The molecule has 0 saturated carbocycles. The van der Waals surface area contributed by atoms with Crippen molar-refractivity contribution >= 4 is 22.2 Å². The van der Waals surface area contributed by atoms with Crippen molar-refractivity contribution in [2.45, 2.75) is 5.75 Å². The molecule has 1 heterocycles. The number of hydrogen-bond donors (Lipinski definition) is 1. The second-order valence-electron chi connectivity index (χ2n) is 4.21. The minimum absolute atomic E-state index is 0. The third-order valence-corrected chi connectivity index (χ3v) is 4.41. The maximum atomic E-state index is 12.6. The molecule has 6 heteroatoms. The number of benzene rings is 1. The number of halogens is 2. The maximum Gasteiger partial charge on any atom is 0.154 e. The number of rotatable bonds is 4. The van der Waals surface area contributed by atoms with E-state index < -0.39 is 9.84 Å². The van der Waals surface area contributed by atoms with Crippen LogP contribution in [0.2, 0.25) is 0 Å². The molecule has 1 aromatic rings.